The van der Waals surface area contributed by atoms with Crippen LogP contribution in [0.2, 0.25) is 0 Å². The Hall–Kier alpha value is -1.40. The first-order valence-corrected chi connectivity index (χ1v) is 9.97. The molecule has 0 spiro atoms. The SMILES string of the molecule is Cc1ccc(COc2ccc(Br)cc2CNCCN2CCOCC2)cc1. The predicted molar refractivity (Wildman–Crippen MR) is 109 cm³/mol. The maximum Gasteiger partial charge on any atom is 0.124 e. The molecular weight excluding hydrogens is 392 g/mol. The molecule has 0 atom stereocenters. The Labute approximate surface area is 164 Å². The third-order valence-corrected chi connectivity index (χ3v) is 5.05. The van der Waals surface area contributed by atoms with Crippen molar-refractivity contribution in [1.82, 2.24) is 10.2 Å². The van der Waals surface area contributed by atoms with Crippen LogP contribution in [0.15, 0.2) is 46.9 Å². The second-order valence-electron chi connectivity index (χ2n) is 6.66. The average Bonchev–Trinajstić information content (AvgIpc) is 2.67. The zero-order valence-corrected chi connectivity index (χ0v) is 16.9. The van der Waals surface area contributed by atoms with Crippen LogP contribution in [0.3, 0.4) is 0 Å². The molecule has 0 aromatic heterocycles. The molecule has 2 aromatic rings. The molecule has 0 unspecified atom stereocenters. The summed E-state index contributed by atoms with van der Waals surface area (Å²) in [5.41, 5.74) is 3.63. The quantitative estimate of drug-likeness (QED) is 0.661. The smallest absolute Gasteiger partial charge is 0.124 e. The van der Waals surface area contributed by atoms with E-state index in [0.717, 1.165) is 56.2 Å². The topological polar surface area (TPSA) is 33.7 Å². The summed E-state index contributed by atoms with van der Waals surface area (Å²) in [6.45, 7) is 9.26. The second-order valence-corrected chi connectivity index (χ2v) is 7.57. The maximum atomic E-state index is 6.08. The van der Waals surface area contributed by atoms with Crippen LogP contribution in [-0.2, 0) is 17.9 Å². The van der Waals surface area contributed by atoms with Crippen LogP contribution in [0.5, 0.6) is 5.75 Å². The van der Waals surface area contributed by atoms with Gasteiger partial charge in [0.1, 0.15) is 12.4 Å². The minimum absolute atomic E-state index is 0.586. The number of nitrogens with zero attached hydrogens (tertiary/aromatic N) is 1. The van der Waals surface area contributed by atoms with Crippen LogP contribution >= 0.6 is 15.9 Å². The molecule has 5 heteroatoms. The normalized spacial score (nSPS) is 15.2. The van der Waals surface area contributed by atoms with E-state index >= 15 is 0 Å². The largest absolute Gasteiger partial charge is 0.489 e. The molecule has 1 aliphatic heterocycles. The Morgan fingerprint density at radius 2 is 1.88 bits per heavy atom. The van der Waals surface area contributed by atoms with E-state index in [4.69, 9.17) is 9.47 Å². The van der Waals surface area contributed by atoms with Crippen molar-refractivity contribution >= 4 is 15.9 Å². The van der Waals surface area contributed by atoms with Gasteiger partial charge in [0.2, 0.25) is 0 Å². The summed E-state index contributed by atoms with van der Waals surface area (Å²) >= 11 is 3.57. The van der Waals surface area contributed by atoms with E-state index in [1.165, 1.54) is 16.7 Å². The molecule has 1 aliphatic rings. The fraction of sp³-hybridized carbons (Fsp3) is 0.429. The van der Waals surface area contributed by atoms with Crippen molar-refractivity contribution < 1.29 is 9.47 Å². The zero-order valence-electron chi connectivity index (χ0n) is 15.3. The Morgan fingerprint density at radius 3 is 2.65 bits per heavy atom. The lowest BCUT2D eigenvalue weighted by Gasteiger charge is -2.26. The van der Waals surface area contributed by atoms with Crippen molar-refractivity contribution in [2.45, 2.75) is 20.1 Å². The van der Waals surface area contributed by atoms with Gasteiger partial charge >= 0.3 is 0 Å². The predicted octanol–water partition coefficient (Wildman–Crippen LogP) is 3.76. The fourth-order valence-corrected chi connectivity index (χ4v) is 3.37. The minimum Gasteiger partial charge on any atom is -0.489 e. The highest BCUT2D eigenvalue weighted by Crippen LogP contribution is 2.24. The van der Waals surface area contributed by atoms with Gasteiger partial charge < -0.3 is 14.8 Å². The van der Waals surface area contributed by atoms with Gasteiger partial charge in [-0.3, -0.25) is 4.90 Å². The van der Waals surface area contributed by atoms with E-state index < -0.39 is 0 Å². The van der Waals surface area contributed by atoms with Crippen molar-refractivity contribution in [3.05, 3.63) is 63.6 Å². The van der Waals surface area contributed by atoms with Crippen molar-refractivity contribution in [3.63, 3.8) is 0 Å². The average molecular weight is 419 g/mol. The van der Waals surface area contributed by atoms with Crippen molar-refractivity contribution in [1.29, 1.82) is 0 Å². The van der Waals surface area contributed by atoms with Gasteiger partial charge in [-0.25, -0.2) is 0 Å². The summed E-state index contributed by atoms with van der Waals surface area (Å²) in [5, 5.41) is 3.54. The summed E-state index contributed by atoms with van der Waals surface area (Å²) in [5.74, 6) is 0.938. The summed E-state index contributed by atoms with van der Waals surface area (Å²) < 4.78 is 12.5. The first-order chi connectivity index (χ1) is 12.7. The molecule has 0 amide bonds. The van der Waals surface area contributed by atoms with Gasteiger partial charge in [0.25, 0.3) is 0 Å². The van der Waals surface area contributed by atoms with Crippen LogP contribution in [0.25, 0.3) is 0 Å². The standard InChI is InChI=1S/C21H27BrN2O2/c1-17-2-4-18(5-3-17)16-26-21-7-6-20(22)14-19(21)15-23-8-9-24-10-12-25-13-11-24/h2-7,14,23H,8-13,15-16H2,1H3. The lowest BCUT2D eigenvalue weighted by Crippen LogP contribution is -2.40. The van der Waals surface area contributed by atoms with E-state index in [0.29, 0.717) is 6.61 Å². The molecule has 0 bridgehead atoms. The number of hydrogen-bond acceptors (Lipinski definition) is 4. The van der Waals surface area contributed by atoms with E-state index in [2.05, 4.69) is 63.4 Å². The number of morpholine rings is 1. The number of benzene rings is 2. The Kier molecular flexibility index (Phi) is 7.50. The van der Waals surface area contributed by atoms with Gasteiger partial charge in [0.15, 0.2) is 0 Å². The number of hydrogen-bond donors (Lipinski definition) is 1. The Balaban J connectivity index is 1.50. The zero-order chi connectivity index (χ0) is 18.2. The summed E-state index contributed by atoms with van der Waals surface area (Å²) in [6, 6.07) is 14.7. The molecule has 26 heavy (non-hydrogen) atoms. The van der Waals surface area contributed by atoms with E-state index in [1.807, 2.05) is 12.1 Å². The van der Waals surface area contributed by atoms with Crippen molar-refractivity contribution in [2.75, 3.05) is 39.4 Å². The molecule has 3 rings (SSSR count). The Morgan fingerprint density at radius 1 is 1.12 bits per heavy atom. The van der Waals surface area contributed by atoms with Crippen molar-refractivity contribution in [3.8, 4) is 5.75 Å². The van der Waals surface area contributed by atoms with E-state index in [-0.39, 0.29) is 0 Å². The van der Waals surface area contributed by atoms with Gasteiger partial charge in [-0.2, -0.15) is 0 Å². The third kappa shape index (κ3) is 6.09. The number of nitrogens with one attached hydrogen (secondary N) is 1. The molecule has 0 radical (unpaired) electrons. The molecule has 1 heterocycles. The third-order valence-electron chi connectivity index (χ3n) is 4.56. The molecule has 1 N–H and O–H groups in total. The van der Waals surface area contributed by atoms with Crippen LogP contribution in [-0.4, -0.2) is 44.3 Å². The molecule has 4 nitrogen and oxygen atoms in total. The molecule has 140 valence electrons. The number of halogens is 1. The van der Waals surface area contributed by atoms with Gasteiger partial charge in [-0.15, -0.1) is 0 Å². The lowest BCUT2D eigenvalue weighted by molar-refractivity contribution is 0.0384. The Bertz CT molecular complexity index is 685. The second kappa shape index (κ2) is 10.1. The maximum absolute atomic E-state index is 6.08. The van der Waals surface area contributed by atoms with Crippen LogP contribution in [0, 0.1) is 6.92 Å². The minimum atomic E-state index is 0.586. The molecular formula is C21H27BrN2O2. The molecule has 2 aromatic carbocycles. The van der Waals surface area contributed by atoms with Crippen LogP contribution in [0.1, 0.15) is 16.7 Å². The molecule has 0 aliphatic carbocycles. The van der Waals surface area contributed by atoms with Crippen LogP contribution < -0.4 is 10.1 Å². The summed E-state index contributed by atoms with van der Waals surface area (Å²) in [6.07, 6.45) is 0. The van der Waals surface area contributed by atoms with E-state index in [9.17, 15) is 0 Å². The number of rotatable bonds is 8. The van der Waals surface area contributed by atoms with Crippen LogP contribution in [0.4, 0.5) is 0 Å². The highest BCUT2D eigenvalue weighted by atomic mass is 79.9. The highest BCUT2D eigenvalue weighted by Gasteiger charge is 2.10. The van der Waals surface area contributed by atoms with E-state index in [1.54, 1.807) is 0 Å². The number of ether oxygens (including phenoxy) is 2. The van der Waals surface area contributed by atoms with Gasteiger partial charge in [0.05, 0.1) is 13.2 Å². The van der Waals surface area contributed by atoms with Gasteiger partial charge in [-0.05, 0) is 30.7 Å². The van der Waals surface area contributed by atoms with Gasteiger partial charge in [-0.1, -0.05) is 45.8 Å². The first-order valence-electron chi connectivity index (χ1n) is 9.18. The first kappa shape index (κ1) is 19.4. The molecule has 0 saturated carbocycles. The molecule has 1 saturated heterocycles. The highest BCUT2D eigenvalue weighted by molar-refractivity contribution is 9.10. The van der Waals surface area contributed by atoms with Crippen molar-refractivity contribution in [2.24, 2.45) is 0 Å². The summed E-state index contributed by atoms with van der Waals surface area (Å²) in [4.78, 5) is 2.44. The van der Waals surface area contributed by atoms with Gasteiger partial charge in [0, 0.05) is 42.8 Å². The monoisotopic (exact) mass is 418 g/mol. The summed E-state index contributed by atoms with van der Waals surface area (Å²) in [7, 11) is 0. The lowest BCUT2D eigenvalue weighted by atomic mass is 10.1. The number of aryl methyl sites for hydroxylation is 1. The fourth-order valence-electron chi connectivity index (χ4n) is 2.96. The molecule has 1 fully saturated rings.